The van der Waals surface area contributed by atoms with Crippen LogP contribution in [0.2, 0.25) is 0 Å². The molecule has 0 bridgehead atoms. The van der Waals surface area contributed by atoms with Gasteiger partial charge in [-0.2, -0.15) is 13.5 Å². The summed E-state index contributed by atoms with van der Waals surface area (Å²) in [5.74, 6) is 2.80. The predicted molar refractivity (Wildman–Crippen MR) is 93.0 cm³/mol. The molecule has 0 saturated heterocycles. The van der Waals surface area contributed by atoms with Crippen molar-refractivity contribution in [1.29, 1.82) is 0 Å². The summed E-state index contributed by atoms with van der Waals surface area (Å²) in [6.07, 6.45) is 2.35. The maximum absolute atomic E-state index is 12.3. The van der Waals surface area contributed by atoms with Gasteiger partial charge in [-0.3, -0.25) is 0 Å². The van der Waals surface area contributed by atoms with E-state index in [1.54, 1.807) is 16.8 Å². The van der Waals surface area contributed by atoms with E-state index >= 15 is 0 Å². The molecule has 0 unspecified atom stereocenters. The van der Waals surface area contributed by atoms with Gasteiger partial charge in [0.05, 0.1) is 11.4 Å². The fraction of sp³-hybridized carbons (Fsp3) is 0.438. The lowest BCUT2D eigenvalue weighted by atomic mass is 10.3. The van der Waals surface area contributed by atoms with E-state index < -0.39 is 6.61 Å². The molecule has 2 aromatic heterocycles. The number of hydrogen-bond donors (Lipinski definition) is 0. The summed E-state index contributed by atoms with van der Waals surface area (Å²) < 4.78 is 32.6. The molecule has 0 N–H and O–H groups in total. The molecule has 2 heterocycles. The Hall–Kier alpha value is -2.56. The van der Waals surface area contributed by atoms with Gasteiger partial charge < -0.3 is 9.30 Å². The average Bonchev–Trinajstić information content (AvgIpc) is 3.25. The van der Waals surface area contributed by atoms with E-state index in [9.17, 15) is 8.78 Å². The Balaban J connectivity index is 1.48. The summed E-state index contributed by atoms with van der Waals surface area (Å²) in [6, 6.07) is 6.16. The molecule has 3 aromatic rings. The topological polar surface area (TPSA) is 83.5 Å². The minimum absolute atomic E-state index is 0.0846. The maximum atomic E-state index is 12.3. The zero-order chi connectivity index (χ0) is 18.8. The highest BCUT2D eigenvalue weighted by atomic mass is 32.2. The summed E-state index contributed by atoms with van der Waals surface area (Å²) >= 11 is 1.52. The highest BCUT2D eigenvalue weighted by Crippen LogP contribution is 2.40. The van der Waals surface area contributed by atoms with Crippen molar-refractivity contribution in [2.45, 2.75) is 49.7 Å². The zero-order valence-electron chi connectivity index (χ0n) is 14.5. The van der Waals surface area contributed by atoms with Crippen LogP contribution in [-0.2, 0) is 12.3 Å². The molecule has 0 atom stereocenters. The van der Waals surface area contributed by atoms with Crippen molar-refractivity contribution >= 4 is 11.8 Å². The lowest BCUT2D eigenvalue weighted by Gasteiger charge is -2.08. The lowest BCUT2D eigenvalue weighted by Crippen LogP contribution is -2.05. The lowest BCUT2D eigenvalue weighted by molar-refractivity contribution is -0.0498. The van der Waals surface area contributed by atoms with Crippen molar-refractivity contribution in [2.24, 2.45) is 0 Å². The van der Waals surface area contributed by atoms with Gasteiger partial charge in [0.2, 0.25) is 0 Å². The van der Waals surface area contributed by atoms with Gasteiger partial charge in [-0.1, -0.05) is 11.8 Å². The Bertz CT molecular complexity index is 908. The van der Waals surface area contributed by atoms with Crippen molar-refractivity contribution in [3.8, 4) is 11.4 Å². The van der Waals surface area contributed by atoms with Crippen LogP contribution in [0.4, 0.5) is 8.78 Å². The van der Waals surface area contributed by atoms with Crippen LogP contribution in [0.1, 0.15) is 37.3 Å². The molecule has 0 spiro atoms. The zero-order valence-corrected chi connectivity index (χ0v) is 15.3. The summed E-state index contributed by atoms with van der Waals surface area (Å²) in [5.41, 5.74) is 0.660. The molecule has 1 aliphatic rings. The smallest absolute Gasteiger partial charge is 0.387 e. The number of hydrogen-bond acceptors (Lipinski definition) is 7. The SMILES string of the molecule is CCn1c(SCc2nnnn2-c2ccc(OC(F)F)cc2)nnc1C1CC1. The third-order valence-electron chi connectivity index (χ3n) is 4.18. The second-order valence-electron chi connectivity index (χ2n) is 6.03. The largest absolute Gasteiger partial charge is 0.435 e. The summed E-state index contributed by atoms with van der Waals surface area (Å²) in [6.45, 7) is 0.0386. The number of benzene rings is 1. The van der Waals surface area contributed by atoms with Crippen LogP contribution in [-0.4, -0.2) is 41.6 Å². The van der Waals surface area contributed by atoms with E-state index in [1.165, 1.54) is 36.7 Å². The van der Waals surface area contributed by atoms with Gasteiger partial charge >= 0.3 is 6.61 Å². The van der Waals surface area contributed by atoms with Crippen LogP contribution in [0.15, 0.2) is 29.4 Å². The van der Waals surface area contributed by atoms with Crippen LogP contribution >= 0.6 is 11.8 Å². The Labute approximate surface area is 157 Å². The van der Waals surface area contributed by atoms with Gasteiger partial charge in [0, 0.05) is 12.5 Å². The normalized spacial score (nSPS) is 14.1. The molecular weight excluding hydrogens is 376 g/mol. The van der Waals surface area contributed by atoms with Gasteiger partial charge in [0.1, 0.15) is 11.6 Å². The van der Waals surface area contributed by atoms with Gasteiger partial charge in [-0.05, 0) is 54.5 Å². The van der Waals surface area contributed by atoms with Crippen LogP contribution in [0.5, 0.6) is 5.75 Å². The molecule has 27 heavy (non-hydrogen) atoms. The predicted octanol–water partition coefficient (Wildman–Crippen LogP) is 3.04. The number of aromatic nitrogens is 7. The number of rotatable bonds is 8. The summed E-state index contributed by atoms with van der Waals surface area (Å²) in [7, 11) is 0. The average molecular weight is 393 g/mol. The molecule has 1 aromatic carbocycles. The fourth-order valence-corrected chi connectivity index (χ4v) is 3.66. The van der Waals surface area contributed by atoms with E-state index in [4.69, 9.17) is 0 Å². The third kappa shape index (κ3) is 3.92. The molecule has 1 aliphatic carbocycles. The number of halogens is 2. The highest BCUT2D eigenvalue weighted by molar-refractivity contribution is 7.98. The highest BCUT2D eigenvalue weighted by Gasteiger charge is 2.30. The van der Waals surface area contributed by atoms with Gasteiger partial charge in [-0.15, -0.1) is 15.3 Å². The first-order valence-corrected chi connectivity index (χ1v) is 9.52. The van der Waals surface area contributed by atoms with Gasteiger partial charge in [-0.25, -0.2) is 0 Å². The summed E-state index contributed by atoms with van der Waals surface area (Å²) in [4.78, 5) is 0. The van der Waals surface area contributed by atoms with Crippen molar-refractivity contribution in [2.75, 3.05) is 0 Å². The van der Waals surface area contributed by atoms with E-state index in [1.807, 2.05) is 0 Å². The Morgan fingerprint density at radius 2 is 1.96 bits per heavy atom. The number of ether oxygens (including phenoxy) is 1. The second-order valence-corrected chi connectivity index (χ2v) is 6.97. The van der Waals surface area contributed by atoms with E-state index in [-0.39, 0.29) is 5.75 Å². The monoisotopic (exact) mass is 393 g/mol. The first-order valence-electron chi connectivity index (χ1n) is 8.54. The Morgan fingerprint density at radius 1 is 1.19 bits per heavy atom. The van der Waals surface area contributed by atoms with E-state index in [2.05, 4.69) is 42.0 Å². The van der Waals surface area contributed by atoms with Crippen molar-refractivity contribution in [1.82, 2.24) is 35.0 Å². The molecule has 11 heteroatoms. The molecule has 1 fully saturated rings. The molecule has 0 radical (unpaired) electrons. The van der Waals surface area contributed by atoms with Crippen LogP contribution in [0.25, 0.3) is 5.69 Å². The molecule has 4 rings (SSSR count). The van der Waals surface area contributed by atoms with Crippen LogP contribution in [0.3, 0.4) is 0 Å². The molecule has 0 amide bonds. The summed E-state index contributed by atoms with van der Waals surface area (Å²) in [5, 5.41) is 21.2. The number of alkyl halides is 2. The van der Waals surface area contributed by atoms with Crippen molar-refractivity contribution < 1.29 is 13.5 Å². The number of tetrazole rings is 1. The quantitative estimate of drug-likeness (QED) is 0.544. The van der Waals surface area contributed by atoms with E-state index in [0.717, 1.165) is 17.5 Å². The minimum atomic E-state index is -2.85. The fourth-order valence-electron chi connectivity index (χ4n) is 2.74. The van der Waals surface area contributed by atoms with Gasteiger partial charge in [0.15, 0.2) is 11.0 Å². The Kier molecular flexibility index (Phi) is 5.01. The van der Waals surface area contributed by atoms with Crippen LogP contribution in [0, 0.1) is 0 Å². The molecule has 142 valence electrons. The molecule has 1 saturated carbocycles. The van der Waals surface area contributed by atoms with Gasteiger partial charge in [0.25, 0.3) is 0 Å². The van der Waals surface area contributed by atoms with Crippen molar-refractivity contribution in [3.05, 3.63) is 35.9 Å². The molecule has 0 aliphatic heterocycles. The van der Waals surface area contributed by atoms with Crippen molar-refractivity contribution in [3.63, 3.8) is 0 Å². The standard InChI is InChI=1S/C16H17F2N7OS/c1-2-24-14(10-3-4-10)20-21-16(24)27-9-13-19-22-23-25(13)11-5-7-12(8-6-11)26-15(17)18/h5-8,10,15H,2-4,9H2,1H3. The first kappa shape index (κ1) is 17.8. The maximum Gasteiger partial charge on any atom is 0.387 e. The Morgan fingerprint density at radius 3 is 2.63 bits per heavy atom. The number of thioether (sulfide) groups is 1. The number of nitrogens with zero attached hydrogens (tertiary/aromatic N) is 7. The first-order chi connectivity index (χ1) is 13.2. The minimum Gasteiger partial charge on any atom is -0.435 e. The third-order valence-corrected chi connectivity index (χ3v) is 5.14. The van der Waals surface area contributed by atoms with Crippen LogP contribution < -0.4 is 4.74 Å². The molecule has 8 nitrogen and oxygen atoms in total. The molecular formula is C16H17F2N7OS. The van der Waals surface area contributed by atoms with E-state index in [0.29, 0.717) is 23.2 Å². The second kappa shape index (κ2) is 7.59.